The van der Waals surface area contributed by atoms with Gasteiger partial charge in [-0.15, -0.1) is 0 Å². The summed E-state index contributed by atoms with van der Waals surface area (Å²) in [5, 5.41) is 3.36. The van der Waals surface area contributed by atoms with E-state index < -0.39 is 0 Å². The highest BCUT2D eigenvalue weighted by Crippen LogP contribution is 2.29. The summed E-state index contributed by atoms with van der Waals surface area (Å²) >= 11 is 1.47. The Hall–Kier alpha value is -1.50. The first-order chi connectivity index (χ1) is 9.60. The fourth-order valence-electron chi connectivity index (χ4n) is 1.89. The van der Waals surface area contributed by atoms with Gasteiger partial charge in [0.2, 0.25) is 0 Å². The molecular formula is C14H18N2O3S. The third-order valence-electron chi connectivity index (χ3n) is 2.74. The number of hydrogen-bond donors (Lipinski definition) is 1. The molecule has 0 saturated carbocycles. The van der Waals surface area contributed by atoms with Crippen LogP contribution in [0, 0.1) is 13.8 Å². The quantitative estimate of drug-likeness (QED) is 0.832. The number of nitrogens with zero attached hydrogens (tertiary/aromatic N) is 1. The molecule has 0 unspecified atom stereocenters. The third-order valence-corrected chi connectivity index (χ3v) is 3.66. The van der Waals surface area contributed by atoms with Crippen LogP contribution in [0.2, 0.25) is 0 Å². The van der Waals surface area contributed by atoms with Gasteiger partial charge < -0.3 is 9.47 Å². The molecule has 2 aromatic rings. The van der Waals surface area contributed by atoms with Crippen LogP contribution in [0.3, 0.4) is 0 Å². The fraction of sp³-hybridized carbons (Fsp3) is 0.429. The molecule has 1 amide bonds. The minimum atomic E-state index is -0.200. The zero-order chi connectivity index (χ0) is 14.5. The Kier molecular flexibility index (Phi) is 5.05. The molecule has 0 aliphatic rings. The van der Waals surface area contributed by atoms with Crippen molar-refractivity contribution in [2.45, 2.75) is 13.8 Å². The van der Waals surface area contributed by atoms with Gasteiger partial charge in [0.15, 0.2) is 5.13 Å². The summed E-state index contributed by atoms with van der Waals surface area (Å²) in [7, 11) is 1.59. The van der Waals surface area contributed by atoms with Crippen LogP contribution in [-0.2, 0) is 14.3 Å². The molecule has 1 aromatic carbocycles. The molecule has 0 aliphatic heterocycles. The van der Waals surface area contributed by atoms with Crippen molar-refractivity contribution >= 4 is 32.6 Å². The van der Waals surface area contributed by atoms with E-state index >= 15 is 0 Å². The van der Waals surface area contributed by atoms with Crippen LogP contribution in [0.1, 0.15) is 11.1 Å². The fourth-order valence-corrected chi connectivity index (χ4v) is 2.94. The molecular weight excluding hydrogens is 276 g/mol. The van der Waals surface area contributed by atoms with Gasteiger partial charge in [-0.1, -0.05) is 17.4 Å². The highest BCUT2D eigenvalue weighted by atomic mass is 32.1. The summed E-state index contributed by atoms with van der Waals surface area (Å²) in [6.45, 7) is 4.97. The number of thiazole rings is 1. The lowest BCUT2D eigenvalue weighted by Gasteiger charge is -2.02. The number of hydrogen-bond acceptors (Lipinski definition) is 5. The van der Waals surface area contributed by atoms with Crippen molar-refractivity contribution in [1.29, 1.82) is 0 Å². The standard InChI is InChI=1S/C14H18N2O3S/c1-9-6-10(2)13-11(7-9)20-14(16-13)15-12(17)8-19-5-4-18-3/h6-7H,4-5,8H2,1-3H3,(H,15,16,17). The Labute approximate surface area is 121 Å². The van der Waals surface area contributed by atoms with Crippen LogP contribution >= 0.6 is 11.3 Å². The predicted molar refractivity (Wildman–Crippen MR) is 80.4 cm³/mol. The van der Waals surface area contributed by atoms with Crippen LogP contribution in [0.4, 0.5) is 5.13 Å². The lowest BCUT2D eigenvalue weighted by Crippen LogP contribution is -2.19. The Morgan fingerprint density at radius 3 is 2.90 bits per heavy atom. The summed E-state index contributed by atoms with van der Waals surface area (Å²) < 4.78 is 11.1. The highest BCUT2D eigenvalue weighted by molar-refractivity contribution is 7.22. The number of amides is 1. The van der Waals surface area contributed by atoms with Gasteiger partial charge in [0.05, 0.1) is 23.4 Å². The van der Waals surface area contributed by atoms with Gasteiger partial charge in [-0.3, -0.25) is 10.1 Å². The van der Waals surface area contributed by atoms with Gasteiger partial charge in [-0.05, 0) is 31.0 Å². The zero-order valence-corrected chi connectivity index (χ0v) is 12.7. The topological polar surface area (TPSA) is 60.5 Å². The molecule has 0 saturated heterocycles. The summed E-state index contributed by atoms with van der Waals surface area (Å²) in [5.41, 5.74) is 3.25. The number of nitrogens with one attached hydrogen (secondary N) is 1. The first-order valence-corrected chi connectivity index (χ1v) is 7.16. The SMILES string of the molecule is COCCOCC(=O)Nc1nc2c(C)cc(C)cc2s1. The number of aromatic nitrogens is 1. The van der Waals surface area contributed by atoms with E-state index in [4.69, 9.17) is 9.47 Å². The van der Waals surface area contributed by atoms with Crippen molar-refractivity contribution in [1.82, 2.24) is 4.98 Å². The molecule has 5 nitrogen and oxygen atoms in total. The van der Waals surface area contributed by atoms with Crippen molar-refractivity contribution in [3.05, 3.63) is 23.3 Å². The van der Waals surface area contributed by atoms with Crippen molar-refractivity contribution in [2.75, 3.05) is 32.2 Å². The van der Waals surface area contributed by atoms with E-state index in [1.54, 1.807) is 7.11 Å². The molecule has 0 radical (unpaired) electrons. The minimum absolute atomic E-state index is 0.0112. The first kappa shape index (κ1) is 14.9. The second kappa shape index (κ2) is 6.78. The number of fused-ring (bicyclic) bond motifs is 1. The second-order valence-corrected chi connectivity index (χ2v) is 5.57. The van der Waals surface area contributed by atoms with Crippen LogP contribution in [0.25, 0.3) is 10.2 Å². The molecule has 1 N–H and O–H groups in total. The van der Waals surface area contributed by atoms with E-state index in [-0.39, 0.29) is 12.5 Å². The van der Waals surface area contributed by atoms with Crippen molar-refractivity contribution in [3.63, 3.8) is 0 Å². The average Bonchev–Trinajstić information content (AvgIpc) is 2.77. The molecule has 0 spiro atoms. The Morgan fingerprint density at radius 1 is 1.35 bits per heavy atom. The number of methoxy groups -OCH3 is 1. The van der Waals surface area contributed by atoms with E-state index in [1.807, 2.05) is 13.8 Å². The number of carbonyl (C=O) groups excluding carboxylic acids is 1. The van der Waals surface area contributed by atoms with Gasteiger partial charge in [0.25, 0.3) is 5.91 Å². The van der Waals surface area contributed by atoms with E-state index in [1.165, 1.54) is 16.9 Å². The van der Waals surface area contributed by atoms with Gasteiger partial charge >= 0.3 is 0 Å². The van der Waals surface area contributed by atoms with E-state index in [9.17, 15) is 4.79 Å². The predicted octanol–water partition coefficient (Wildman–Crippen LogP) is 2.51. The summed E-state index contributed by atoms with van der Waals surface area (Å²) in [4.78, 5) is 16.1. The second-order valence-electron chi connectivity index (χ2n) is 4.54. The molecule has 2 rings (SSSR count). The highest BCUT2D eigenvalue weighted by Gasteiger charge is 2.09. The minimum Gasteiger partial charge on any atom is -0.382 e. The molecule has 108 valence electrons. The molecule has 20 heavy (non-hydrogen) atoms. The summed E-state index contributed by atoms with van der Waals surface area (Å²) in [5.74, 6) is -0.200. The van der Waals surface area contributed by atoms with Crippen LogP contribution in [-0.4, -0.2) is 37.8 Å². The maximum absolute atomic E-state index is 11.7. The Balaban J connectivity index is 1.99. The molecule has 0 aliphatic carbocycles. The lowest BCUT2D eigenvalue weighted by molar-refractivity contribution is -0.121. The molecule has 1 aromatic heterocycles. The Bertz CT molecular complexity index is 610. The van der Waals surface area contributed by atoms with E-state index in [2.05, 4.69) is 22.4 Å². The van der Waals surface area contributed by atoms with Gasteiger partial charge in [0.1, 0.15) is 6.61 Å². The molecule has 1 heterocycles. The maximum Gasteiger partial charge on any atom is 0.252 e. The van der Waals surface area contributed by atoms with Gasteiger partial charge in [0, 0.05) is 7.11 Å². The van der Waals surface area contributed by atoms with Crippen molar-refractivity contribution in [2.24, 2.45) is 0 Å². The molecule has 0 bridgehead atoms. The maximum atomic E-state index is 11.7. The number of carbonyl (C=O) groups is 1. The smallest absolute Gasteiger partial charge is 0.252 e. The number of benzene rings is 1. The summed E-state index contributed by atoms with van der Waals surface area (Å²) in [6.07, 6.45) is 0. The third kappa shape index (κ3) is 3.75. The first-order valence-electron chi connectivity index (χ1n) is 6.34. The van der Waals surface area contributed by atoms with Crippen LogP contribution < -0.4 is 5.32 Å². The monoisotopic (exact) mass is 294 g/mol. The lowest BCUT2D eigenvalue weighted by atomic mass is 10.1. The molecule has 0 atom stereocenters. The van der Waals surface area contributed by atoms with E-state index in [0.29, 0.717) is 18.3 Å². The van der Waals surface area contributed by atoms with E-state index in [0.717, 1.165) is 15.8 Å². The molecule has 0 fully saturated rings. The van der Waals surface area contributed by atoms with Crippen LogP contribution in [0.5, 0.6) is 0 Å². The molecule has 6 heteroatoms. The zero-order valence-electron chi connectivity index (χ0n) is 11.9. The van der Waals surface area contributed by atoms with Crippen molar-refractivity contribution in [3.8, 4) is 0 Å². The largest absolute Gasteiger partial charge is 0.382 e. The van der Waals surface area contributed by atoms with Crippen LogP contribution in [0.15, 0.2) is 12.1 Å². The average molecular weight is 294 g/mol. The number of aryl methyl sites for hydroxylation is 2. The van der Waals surface area contributed by atoms with Gasteiger partial charge in [-0.25, -0.2) is 4.98 Å². The number of anilines is 1. The Morgan fingerprint density at radius 2 is 2.15 bits per heavy atom. The normalized spacial score (nSPS) is 10.9. The number of rotatable bonds is 6. The van der Waals surface area contributed by atoms with Crippen molar-refractivity contribution < 1.29 is 14.3 Å². The number of ether oxygens (including phenoxy) is 2. The van der Waals surface area contributed by atoms with Gasteiger partial charge in [-0.2, -0.15) is 0 Å². The summed E-state index contributed by atoms with van der Waals surface area (Å²) in [6, 6.07) is 4.16.